The van der Waals surface area contributed by atoms with Crippen molar-refractivity contribution in [1.29, 1.82) is 0 Å². The third-order valence-electron chi connectivity index (χ3n) is 1.70. The molecule has 0 unspecified atom stereocenters. The van der Waals surface area contributed by atoms with E-state index in [-0.39, 0.29) is 0 Å². The van der Waals surface area contributed by atoms with E-state index in [1.54, 1.807) is 16.5 Å². The smallest absolute Gasteiger partial charge is 0.185 e. The van der Waals surface area contributed by atoms with Gasteiger partial charge in [-0.25, -0.2) is 0 Å². The Kier molecular flexibility index (Phi) is 1.44. The fourth-order valence-corrected chi connectivity index (χ4v) is 1.38. The van der Waals surface area contributed by atoms with E-state index >= 15 is 0 Å². The number of anilines is 1. The van der Waals surface area contributed by atoms with Crippen LogP contribution in [-0.2, 0) is 0 Å². The first-order valence-electron chi connectivity index (χ1n) is 3.46. The highest BCUT2D eigenvalue weighted by atomic mass is 35.5. The van der Waals surface area contributed by atoms with Crippen LogP contribution >= 0.6 is 11.6 Å². The number of pyridine rings is 1. The number of hydrogen-bond donors (Lipinski definition) is 1. The van der Waals surface area contributed by atoms with Gasteiger partial charge in [0.15, 0.2) is 5.65 Å². The summed E-state index contributed by atoms with van der Waals surface area (Å²) < 4.78 is 1.71. The molecule has 62 valence electrons. The lowest BCUT2D eigenvalue weighted by atomic mass is 10.4. The molecule has 2 aromatic rings. The molecule has 0 saturated heterocycles. The molecule has 0 radical (unpaired) electrons. The van der Waals surface area contributed by atoms with Gasteiger partial charge in [-0.15, -0.1) is 10.2 Å². The maximum absolute atomic E-state index is 5.90. The van der Waals surface area contributed by atoms with Crippen molar-refractivity contribution in [2.45, 2.75) is 6.92 Å². The Morgan fingerprint density at radius 2 is 2.17 bits per heavy atom. The highest BCUT2D eigenvalue weighted by Gasteiger charge is 2.06. The first kappa shape index (κ1) is 7.36. The van der Waals surface area contributed by atoms with Crippen molar-refractivity contribution in [3.05, 3.63) is 23.1 Å². The molecular formula is C7H7ClN4. The highest BCUT2D eigenvalue weighted by Crippen LogP contribution is 2.18. The van der Waals surface area contributed by atoms with E-state index in [0.717, 1.165) is 5.82 Å². The van der Waals surface area contributed by atoms with Crippen molar-refractivity contribution in [3.8, 4) is 0 Å². The van der Waals surface area contributed by atoms with E-state index < -0.39 is 0 Å². The zero-order chi connectivity index (χ0) is 8.72. The Hall–Kier alpha value is -1.29. The van der Waals surface area contributed by atoms with Crippen LogP contribution in [0, 0.1) is 6.92 Å². The second-order valence-electron chi connectivity index (χ2n) is 2.52. The number of hydrogen-bond acceptors (Lipinski definition) is 3. The lowest BCUT2D eigenvalue weighted by Gasteiger charge is -1.99. The maximum atomic E-state index is 5.90. The van der Waals surface area contributed by atoms with Crippen LogP contribution in [0.25, 0.3) is 5.65 Å². The van der Waals surface area contributed by atoms with Crippen molar-refractivity contribution >= 4 is 22.9 Å². The largest absolute Gasteiger partial charge is 0.396 e. The SMILES string of the molecule is Cc1nnc2c(N)ccc(Cl)n12. The van der Waals surface area contributed by atoms with Crippen molar-refractivity contribution in [3.63, 3.8) is 0 Å². The molecule has 0 aliphatic heterocycles. The molecule has 0 aromatic carbocycles. The summed E-state index contributed by atoms with van der Waals surface area (Å²) >= 11 is 5.90. The molecule has 2 heterocycles. The van der Waals surface area contributed by atoms with Crippen LogP contribution in [-0.4, -0.2) is 14.6 Å². The van der Waals surface area contributed by atoms with E-state index in [1.165, 1.54) is 0 Å². The molecule has 0 amide bonds. The molecule has 0 aliphatic rings. The highest BCUT2D eigenvalue weighted by molar-refractivity contribution is 6.29. The minimum Gasteiger partial charge on any atom is -0.396 e. The van der Waals surface area contributed by atoms with Crippen molar-refractivity contribution in [2.75, 3.05) is 5.73 Å². The lowest BCUT2D eigenvalue weighted by molar-refractivity contribution is 1.01. The Bertz CT molecular complexity index is 434. The van der Waals surface area contributed by atoms with E-state index in [1.807, 2.05) is 6.92 Å². The number of fused-ring (bicyclic) bond motifs is 1. The zero-order valence-corrected chi connectivity index (χ0v) is 7.21. The molecule has 4 nitrogen and oxygen atoms in total. The second kappa shape index (κ2) is 2.35. The number of aryl methyl sites for hydroxylation is 1. The molecule has 12 heavy (non-hydrogen) atoms. The fraction of sp³-hybridized carbons (Fsp3) is 0.143. The number of nitrogen functional groups attached to an aromatic ring is 1. The zero-order valence-electron chi connectivity index (χ0n) is 6.45. The third-order valence-corrected chi connectivity index (χ3v) is 1.99. The minimum absolute atomic E-state index is 0.571. The van der Waals surface area contributed by atoms with Gasteiger partial charge < -0.3 is 5.73 Å². The summed E-state index contributed by atoms with van der Waals surface area (Å²) in [5.74, 6) is 0.738. The normalized spacial score (nSPS) is 10.8. The number of rotatable bonds is 0. The van der Waals surface area contributed by atoms with E-state index in [0.29, 0.717) is 16.5 Å². The van der Waals surface area contributed by atoms with Gasteiger partial charge in [0.05, 0.1) is 5.69 Å². The van der Waals surface area contributed by atoms with Gasteiger partial charge in [-0.2, -0.15) is 0 Å². The van der Waals surface area contributed by atoms with E-state index in [9.17, 15) is 0 Å². The van der Waals surface area contributed by atoms with Gasteiger partial charge in [-0.1, -0.05) is 11.6 Å². The molecule has 0 fully saturated rings. The molecule has 2 aromatic heterocycles. The van der Waals surface area contributed by atoms with Crippen molar-refractivity contribution in [1.82, 2.24) is 14.6 Å². The van der Waals surface area contributed by atoms with E-state index in [2.05, 4.69) is 10.2 Å². The van der Waals surface area contributed by atoms with Crippen LogP contribution in [0.15, 0.2) is 12.1 Å². The van der Waals surface area contributed by atoms with Gasteiger partial charge in [-0.05, 0) is 19.1 Å². The summed E-state index contributed by atoms with van der Waals surface area (Å²) in [6, 6.07) is 3.44. The lowest BCUT2D eigenvalue weighted by Crippen LogP contribution is -1.94. The second-order valence-corrected chi connectivity index (χ2v) is 2.90. The number of aromatic nitrogens is 3. The fourth-order valence-electron chi connectivity index (χ4n) is 1.11. The number of nitrogens with zero attached hydrogens (tertiary/aromatic N) is 3. The van der Waals surface area contributed by atoms with Gasteiger partial charge in [0.1, 0.15) is 11.0 Å². The average Bonchev–Trinajstić information content (AvgIpc) is 2.42. The first-order valence-corrected chi connectivity index (χ1v) is 3.83. The Morgan fingerprint density at radius 1 is 1.42 bits per heavy atom. The van der Waals surface area contributed by atoms with Gasteiger partial charge >= 0.3 is 0 Å². The average molecular weight is 183 g/mol. The van der Waals surface area contributed by atoms with Crippen LogP contribution < -0.4 is 5.73 Å². The van der Waals surface area contributed by atoms with Crippen molar-refractivity contribution < 1.29 is 0 Å². The Morgan fingerprint density at radius 3 is 2.83 bits per heavy atom. The quantitative estimate of drug-likeness (QED) is 0.625. The third kappa shape index (κ3) is 0.848. The van der Waals surface area contributed by atoms with Gasteiger partial charge in [0.2, 0.25) is 0 Å². The Labute approximate surface area is 74.0 Å². The molecule has 0 aliphatic carbocycles. The van der Waals surface area contributed by atoms with Gasteiger partial charge in [0, 0.05) is 0 Å². The predicted octanol–water partition coefficient (Wildman–Crippen LogP) is 1.27. The maximum Gasteiger partial charge on any atom is 0.185 e. The molecule has 2 rings (SSSR count). The summed E-state index contributed by atoms with van der Waals surface area (Å²) in [4.78, 5) is 0. The summed E-state index contributed by atoms with van der Waals surface area (Å²) in [5, 5.41) is 8.32. The van der Waals surface area contributed by atoms with Crippen LogP contribution in [0.5, 0.6) is 0 Å². The standard InChI is InChI=1S/C7H7ClN4/c1-4-10-11-7-5(9)2-3-6(8)12(4)7/h2-3H,9H2,1H3. The number of nitrogens with two attached hydrogens (primary N) is 1. The molecule has 0 bridgehead atoms. The van der Waals surface area contributed by atoms with Gasteiger partial charge in [-0.3, -0.25) is 4.40 Å². The summed E-state index contributed by atoms with van der Waals surface area (Å²) in [6.07, 6.45) is 0. The van der Waals surface area contributed by atoms with Crippen molar-refractivity contribution in [2.24, 2.45) is 0 Å². The van der Waals surface area contributed by atoms with Crippen LogP contribution in [0.1, 0.15) is 5.82 Å². The topological polar surface area (TPSA) is 56.2 Å². The summed E-state index contributed by atoms with van der Waals surface area (Å²) in [6.45, 7) is 1.82. The van der Waals surface area contributed by atoms with Crippen LogP contribution in [0.2, 0.25) is 5.15 Å². The minimum atomic E-state index is 0.571. The summed E-state index contributed by atoms with van der Waals surface area (Å²) in [7, 11) is 0. The molecule has 2 N–H and O–H groups in total. The predicted molar refractivity (Wildman–Crippen MR) is 47.1 cm³/mol. The monoisotopic (exact) mass is 182 g/mol. The van der Waals surface area contributed by atoms with Crippen LogP contribution in [0.4, 0.5) is 5.69 Å². The molecule has 0 atom stereocenters. The molecule has 0 saturated carbocycles. The molecule has 0 spiro atoms. The first-order chi connectivity index (χ1) is 5.70. The molecular weight excluding hydrogens is 176 g/mol. The van der Waals surface area contributed by atoms with Crippen LogP contribution in [0.3, 0.4) is 0 Å². The number of halogens is 1. The van der Waals surface area contributed by atoms with Gasteiger partial charge in [0.25, 0.3) is 0 Å². The molecule has 5 heteroatoms. The summed E-state index contributed by atoms with van der Waals surface area (Å²) in [5.41, 5.74) is 6.85. The Balaban J connectivity index is 2.98. The van der Waals surface area contributed by atoms with E-state index in [4.69, 9.17) is 17.3 Å².